The molecule has 0 saturated heterocycles. The molecule has 3 heteroatoms. The van der Waals surface area contributed by atoms with Crippen molar-refractivity contribution in [1.82, 2.24) is 4.98 Å². The summed E-state index contributed by atoms with van der Waals surface area (Å²) in [5.74, 6) is 0.511. The van der Waals surface area contributed by atoms with E-state index in [1.165, 1.54) is 0 Å². The molecule has 3 nitrogen and oxygen atoms in total. The standard InChI is InChI=1S/C16H13N3/c17-16(12-6-2-1-3-7-12)19-15-10-4-9-14-13(15)8-5-11-18-14/h1-11H,(H2,17,19). The Balaban J connectivity index is 2.11. The first-order valence-electron chi connectivity index (χ1n) is 6.08. The van der Waals surface area contributed by atoms with Crippen LogP contribution in [0.2, 0.25) is 0 Å². The Morgan fingerprint density at radius 3 is 2.58 bits per heavy atom. The monoisotopic (exact) mass is 247 g/mol. The van der Waals surface area contributed by atoms with Gasteiger partial charge < -0.3 is 5.73 Å². The average molecular weight is 247 g/mol. The van der Waals surface area contributed by atoms with Gasteiger partial charge in [-0.3, -0.25) is 4.98 Å². The van der Waals surface area contributed by atoms with Crippen LogP contribution in [-0.2, 0) is 0 Å². The lowest BCUT2D eigenvalue weighted by Crippen LogP contribution is -2.12. The molecular weight excluding hydrogens is 234 g/mol. The smallest absolute Gasteiger partial charge is 0.131 e. The Hall–Kier alpha value is -2.68. The van der Waals surface area contributed by atoms with Crippen molar-refractivity contribution in [2.24, 2.45) is 10.7 Å². The van der Waals surface area contributed by atoms with Gasteiger partial charge in [0.15, 0.2) is 0 Å². The molecule has 0 amide bonds. The van der Waals surface area contributed by atoms with E-state index in [0.29, 0.717) is 5.84 Å². The maximum absolute atomic E-state index is 6.05. The fourth-order valence-corrected chi connectivity index (χ4v) is 1.99. The minimum absolute atomic E-state index is 0.511. The van der Waals surface area contributed by atoms with E-state index in [-0.39, 0.29) is 0 Å². The highest BCUT2D eigenvalue weighted by Gasteiger charge is 2.02. The molecule has 0 aliphatic carbocycles. The Morgan fingerprint density at radius 2 is 1.74 bits per heavy atom. The number of nitrogens with two attached hydrogens (primary N) is 1. The molecule has 0 atom stereocenters. The fraction of sp³-hybridized carbons (Fsp3) is 0. The number of aliphatic imine (C=N–C) groups is 1. The van der Waals surface area contributed by atoms with Crippen LogP contribution in [0, 0.1) is 0 Å². The van der Waals surface area contributed by atoms with Crippen molar-refractivity contribution in [3.63, 3.8) is 0 Å². The van der Waals surface area contributed by atoms with E-state index in [4.69, 9.17) is 5.73 Å². The van der Waals surface area contributed by atoms with Gasteiger partial charge in [0.1, 0.15) is 5.84 Å². The lowest BCUT2D eigenvalue weighted by atomic mass is 10.1. The summed E-state index contributed by atoms with van der Waals surface area (Å²) in [6, 6.07) is 19.5. The van der Waals surface area contributed by atoms with Gasteiger partial charge in [-0.25, -0.2) is 4.99 Å². The summed E-state index contributed by atoms with van der Waals surface area (Å²) < 4.78 is 0. The van der Waals surface area contributed by atoms with Crippen LogP contribution in [0.5, 0.6) is 0 Å². The van der Waals surface area contributed by atoms with E-state index in [1.54, 1.807) is 6.20 Å². The molecule has 2 N–H and O–H groups in total. The number of pyridine rings is 1. The van der Waals surface area contributed by atoms with E-state index in [0.717, 1.165) is 22.2 Å². The Morgan fingerprint density at radius 1 is 0.895 bits per heavy atom. The van der Waals surface area contributed by atoms with Crippen molar-refractivity contribution in [3.8, 4) is 0 Å². The summed E-state index contributed by atoms with van der Waals surface area (Å²) in [7, 11) is 0. The van der Waals surface area contributed by atoms with Gasteiger partial charge in [-0.05, 0) is 24.3 Å². The van der Waals surface area contributed by atoms with Gasteiger partial charge in [-0.2, -0.15) is 0 Å². The molecule has 3 aromatic rings. The third kappa shape index (κ3) is 2.31. The lowest BCUT2D eigenvalue weighted by molar-refractivity contribution is 1.40. The SMILES string of the molecule is NC(=Nc1cccc2ncccc12)c1ccccc1. The topological polar surface area (TPSA) is 51.3 Å². The predicted molar refractivity (Wildman–Crippen MR) is 78.6 cm³/mol. The molecule has 0 saturated carbocycles. The molecule has 3 rings (SSSR count). The first kappa shape index (κ1) is 11.4. The number of amidine groups is 1. The summed E-state index contributed by atoms with van der Waals surface area (Å²) in [6.45, 7) is 0. The first-order chi connectivity index (χ1) is 9.34. The van der Waals surface area contributed by atoms with Gasteiger partial charge in [-0.1, -0.05) is 36.4 Å². The van der Waals surface area contributed by atoms with Crippen molar-refractivity contribution < 1.29 is 0 Å². The minimum Gasteiger partial charge on any atom is -0.383 e. The van der Waals surface area contributed by atoms with Gasteiger partial charge in [-0.15, -0.1) is 0 Å². The molecule has 0 aliphatic heterocycles. The number of aromatic nitrogens is 1. The average Bonchev–Trinajstić information content (AvgIpc) is 2.48. The Kier molecular flexibility index (Phi) is 2.94. The third-order valence-electron chi connectivity index (χ3n) is 2.93. The molecule has 0 unspecified atom stereocenters. The molecule has 2 aromatic carbocycles. The predicted octanol–water partition coefficient (Wildman–Crippen LogP) is 3.27. The van der Waals surface area contributed by atoms with Crippen molar-refractivity contribution in [1.29, 1.82) is 0 Å². The quantitative estimate of drug-likeness (QED) is 0.558. The number of rotatable bonds is 2. The maximum Gasteiger partial charge on any atom is 0.131 e. The van der Waals surface area contributed by atoms with Crippen LogP contribution < -0.4 is 5.73 Å². The summed E-state index contributed by atoms with van der Waals surface area (Å²) in [5.41, 5.74) is 8.73. The summed E-state index contributed by atoms with van der Waals surface area (Å²) >= 11 is 0. The van der Waals surface area contributed by atoms with Gasteiger partial charge in [0, 0.05) is 17.1 Å². The lowest BCUT2D eigenvalue weighted by Gasteiger charge is -2.03. The van der Waals surface area contributed by atoms with Gasteiger partial charge in [0.2, 0.25) is 0 Å². The molecule has 92 valence electrons. The highest BCUT2D eigenvalue weighted by atomic mass is 14.9. The van der Waals surface area contributed by atoms with Crippen LogP contribution in [0.4, 0.5) is 5.69 Å². The normalized spacial score (nSPS) is 11.7. The molecule has 1 aromatic heterocycles. The molecule has 0 radical (unpaired) electrons. The Labute approximate surface area is 111 Å². The number of hydrogen-bond donors (Lipinski definition) is 1. The van der Waals surface area contributed by atoms with E-state index >= 15 is 0 Å². The number of fused-ring (bicyclic) bond motifs is 1. The number of nitrogens with zero attached hydrogens (tertiary/aromatic N) is 2. The highest BCUT2D eigenvalue weighted by molar-refractivity contribution is 6.01. The van der Waals surface area contributed by atoms with E-state index in [1.807, 2.05) is 60.7 Å². The summed E-state index contributed by atoms with van der Waals surface area (Å²) in [6.07, 6.45) is 1.77. The molecule has 0 aliphatic rings. The fourth-order valence-electron chi connectivity index (χ4n) is 1.99. The van der Waals surface area contributed by atoms with Crippen LogP contribution >= 0.6 is 0 Å². The zero-order valence-electron chi connectivity index (χ0n) is 10.3. The second kappa shape index (κ2) is 4.90. The zero-order chi connectivity index (χ0) is 13.1. The number of benzene rings is 2. The minimum atomic E-state index is 0.511. The van der Waals surface area contributed by atoms with Crippen LogP contribution in [-0.4, -0.2) is 10.8 Å². The second-order valence-electron chi connectivity index (χ2n) is 4.21. The molecular formula is C16H13N3. The zero-order valence-corrected chi connectivity index (χ0v) is 10.3. The molecule has 0 fully saturated rings. The second-order valence-corrected chi connectivity index (χ2v) is 4.21. The van der Waals surface area contributed by atoms with Crippen molar-refractivity contribution in [2.45, 2.75) is 0 Å². The van der Waals surface area contributed by atoms with Crippen LogP contribution in [0.3, 0.4) is 0 Å². The van der Waals surface area contributed by atoms with Gasteiger partial charge >= 0.3 is 0 Å². The van der Waals surface area contributed by atoms with Crippen molar-refractivity contribution in [3.05, 3.63) is 72.4 Å². The molecule has 0 bridgehead atoms. The van der Waals surface area contributed by atoms with Crippen LogP contribution in [0.15, 0.2) is 71.9 Å². The molecule has 0 spiro atoms. The van der Waals surface area contributed by atoms with Crippen LogP contribution in [0.1, 0.15) is 5.56 Å². The first-order valence-corrected chi connectivity index (χ1v) is 6.08. The number of hydrogen-bond acceptors (Lipinski definition) is 2. The van der Waals surface area contributed by atoms with Crippen molar-refractivity contribution >= 4 is 22.4 Å². The summed E-state index contributed by atoms with van der Waals surface area (Å²) in [4.78, 5) is 8.82. The van der Waals surface area contributed by atoms with E-state index in [2.05, 4.69) is 9.98 Å². The summed E-state index contributed by atoms with van der Waals surface area (Å²) in [5, 5.41) is 1.00. The molecule has 1 heterocycles. The van der Waals surface area contributed by atoms with Gasteiger partial charge in [0.05, 0.1) is 11.2 Å². The maximum atomic E-state index is 6.05. The van der Waals surface area contributed by atoms with E-state index in [9.17, 15) is 0 Å². The van der Waals surface area contributed by atoms with Crippen LogP contribution in [0.25, 0.3) is 10.9 Å². The Bertz CT molecular complexity index is 728. The van der Waals surface area contributed by atoms with Gasteiger partial charge in [0.25, 0.3) is 0 Å². The third-order valence-corrected chi connectivity index (χ3v) is 2.93. The highest BCUT2D eigenvalue weighted by Crippen LogP contribution is 2.24. The van der Waals surface area contributed by atoms with E-state index < -0.39 is 0 Å². The largest absolute Gasteiger partial charge is 0.383 e. The van der Waals surface area contributed by atoms with Crippen molar-refractivity contribution in [2.75, 3.05) is 0 Å². The molecule has 19 heavy (non-hydrogen) atoms.